The number of carbonyl (C=O) groups is 1. The number of hydrogen-bond acceptors (Lipinski definition) is 6. The van der Waals surface area contributed by atoms with Gasteiger partial charge in [0.2, 0.25) is 0 Å². The second-order valence-electron chi connectivity index (χ2n) is 10.9. The van der Waals surface area contributed by atoms with E-state index in [0.717, 1.165) is 10.9 Å². The Hall–Kier alpha value is -3.59. The number of halogens is 2. The van der Waals surface area contributed by atoms with E-state index in [0.29, 0.717) is 40.3 Å². The summed E-state index contributed by atoms with van der Waals surface area (Å²) in [6, 6.07) is 13.2. The summed E-state index contributed by atoms with van der Waals surface area (Å²) in [7, 11) is 1.52. The first-order valence-corrected chi connectivity index (χ1v) is 13.4. The standard InChI is InChI=1S/C31H31ClFN3O4/c1-17-11-19-12-20(13-24(40-4)27(19)34-15-17)29(37)35-16-31(39,21-7-8-21)25-14-23(30(2,3)38)26(33)28(36-25)18-5-9-22(32)10-6-18/h5-6,9-15,21,38-39H,7-8,16H2,1-4H3,(H,35,37)/t31-/m1/s1. The highest BCUT2D eigenvalue weighted by atomic mass is 35.5. The van der Waals surface area contributed by atoms with E-state index in [1.165, 1.54) is 27.0 Å². The molecule has 2 heterocycles. The number of pyridine rings is 2. The lowest BCUT2D eigenvalue weighted by Gasteiger charge is -2.31. The molecule has 4 aromatic rings. The van der Waals surface area contributed by atoms with E-state index >= 15 is 4.39 Å². The van der Waals surface area contributed by atoms with E-state index in [-0.39, 0.29) is 29.4 Å². The third-order valence-electron chi connectivity index (χ3n) is 7.32. The number of rotatable bonds is 8. The van der Waals surface area contributed by atoms with Crippen LogP contribution in [0.5, 0.6) is 5.75 Å². The van der Waals surface area contributed by atoms with Crippen molar-refractivity contribution < 1.29 is 24.1 Å². The molecule has 208 valence electrons. The molecule has 1 amide bonds. The summed E-state index contributed by atoms with van der Waals surface area (Å²) in [6.07, 6.45) is 3.17. The zero-order chi connectivity index (χ0) is 28.8. The number of amides is 1. The van der Waals surface area contributed by atoms with E-state index in [9.17, 15) is 15.0 Å². The molecule has 1 fully saturated rings. The van der Waals surface area contributed by atoms with Crippen LogP contribution < -0.4 is 10.1 Å². The van der Waals surface area contributed by atoms with Gasteiger partial charge in [-0.25, -0.2) is 9.37 Å². The van der Waals surface area contributed by atoms with Crippen molar-refractivity contribution in [2.75, 3.05) is 13.7 Å². The maximum Gasteiger partial charge on any atom is 0.251 e. The van der Waals surface area contributed by atoms with Crippen molar-refractivity contribution in [1.82, 2.24) is 15.3 Å². The zero-order valence-corrected chi connectivity index (χ0v) is 23.5. The second kappa shape index (κ2) is 10.4. The number of ether oxygens (including phenoxy) is 1. The molecular formula is C31H31ClFN3O4. The van der Waals surface area contributed by atoms with Crippen LogP contribution in [0.2, 0.25) is 5.02 Å². The summed E-state index contributed by atoms with van der Waals surface area (Å²) in [6.45, 7) is 4.70. The van der Waals surface area contributed by atoms with Gasteiger partial charge in [0.05, 0.1) is 24.9 Å². The Morgan fingerprint density at radius 3 is 2.48 bits per heavy atom. The van der Waals surface area contributed by atoms with Crippen molar-refractivity contribution in [2.45, 2.75) is 44.8 Å². The number of hydrogen-bond donors (Lipinski definition) is 3. The van der Waals surface area contributed by atoms with Gasteiger partial charge >= 0.3 is 0 Å². The topological polar surface area (TPSA) is 105 Å². The fourth-order valence-electron chi connectivity index (χ4n) is 4.93. The molecule has 0 radical (unpaired) electrons. The van der Waals surface area contributed by atoms with Crippen LogP contribution in [0.15, 0.2) is 54.7 Å². The molecule has 0 saturated heterocycles. The molecule has 1 saturated carbocycles. The normalized spacial score (nSPS) is 15.1. The van der Waals surface area contributed by atoms with Gasteiger partial charge in [0.25, 0.3) is 5.91 Å². The Balaban J connectivity index is 1.52. The van der Waals surface area contributed by atoms with E-state index < -0.39 is 22.9 Å². The Morgan fingerprint density at radius 2 is 1.85 bits per heavy atom. The van der Waals surface area contributed by atoms with Crippen LogP contribution >= 0.6 is 11.6 Å². The highest BCUT2D eigenvalue weighted by molar-refractivity contribution is 6.30. The second-order valence-corrected chi connectivity index (χ2v) is 11.4. The summed E-state index contributed by atoms with van der Waals surface area (Å²) < 4.78 is 21.1. The van der Waals surface area contributed by atoms with Crippen molar-refractivity contribution in [3.8, 4) is 17.0 Å². The van der Waals surface area contributed by atoms with Gasteiger partial charge in [0.15, 0.2) is 5.82 Å². The predicted molar refractivity (Wildman–Crippen MR) is 152 cm³/mol. The van der Waals surface area contributed by atoms with Crippen LogP contribution in [-0.2, 0) is 11.2 Å². The first kappa shape index (κ1) is 28.0. The van der Waals surface area contributed by atoms with Crippen molar-refractivity contribution in [1.29, 1.82) is 0 Å². The zero-order valence-electron chi connectivity index (χ0n) is 22.8. The smallest absolute Gasteiger partial charge is 0.251 e. The fourth-order valence-corrected chi connectivity index (χ4v) is 5.06. The lowest BCUT2D eigenvalue weighted by atomic mass is 9.87. The van der Waals surface area contributed by atoms with Crippen LogP contribution in [0.3, 0.4) is 0 Å². The van der Waals surface area contributed by atoms with Crippen LogP contribution in [0.25, 0.3) is 22.2 Å². The number of carbonyl (C=O) groups excluding carboxylic acids is 1. The molecule has 1 aliphatic carbocycles. The first-order chi connectivity index (χ1) is 18.9. The molecule has 3 N–H and O–H groups in total. The van der Waals surface area contributed by atoms with E-state index in [1.807, 2.05) is 13.0 Å². The minimum Gasteiger partial charge on any atom is -0.494 e. The summed E-state index contributed by atoms with van der Waals surface area (Å²) in [4.78, 5) is 22.3. The molecule has 2 aromatic carbocycles. The van der Waals surface area contributed by atoms with Crippen molar-refractivity contribution >= 4 is 28.4 Å². The highest BCUT2D eigenvalue weighted by Gasteiger charge is 2.47. The van der Waals surface area contributed by atoms with Gasteiger partial charge < -0.3 is 20.3 Å². The SMILES string of the molecule is COc1cc(C(=O)NC[C@](O)(c2cc(C(C)(C)O)c(F)c(-c3ccc(Cl)cc3)n2)C2CC2)cc2cc(C)cnc12. The molecule has 0 spiro atoms. The molecule has 0 aliphatic heterocycles. The average molecular weight is 564 g/mol. The highest BCUT2D eigenvalue weighted by Crippen LogP contribution is 2.46. The third-order valence-corrected chi connectivity index (χ3v) is 7.57. The number of methoxy groups -OCH3 is 1. The summed E-state index contributed by atoms with van der Waals surface area (Å²) in [5.74, 6) is -0.837. The summed E-state index contributed by atoms with van der Waals surface area (Å²) in [5.41, 5.74) is -0.609. The Bertz CT molecular complexity index is 1600. The van der Waals surface area contributed by atoms with E-state index in [4.69, 9.17) is 16.3 Å². The minimum absolute atomic E-state index is 0.00464. The number of aromatic nitrogens is 2. The number of fused-ring (bicyclic) bond motifs is 1. The van der Waals surface area contributed by atoms with E-state index in [2.05, 4.69) is 15.3 Å². The minimum atomic E-state index is -1.59. The Labute approximate surface area is 237 Å². The quantitative estimate of drug-likeness (QED) is 0.255. The van der Waals surface area contributed by atoms with Gasteiger partial charge in [-0.2, -0.15) is 0 Å². The number of benzene rings is 2. The fraction of sp³-hybridized carbons (Fsp3) is 0.323. The largest absolute Gasteiger partial charge is 0.494 e. The lowest BCUT2D eigenvalue weighted by molar-refractivity contribution is 0.00864. The molecule has 40 heavy (non-hydrogen) atoms. The summed E-state index contributed by atoms with van der Waals surface area (Å²) >= 11 is 6.03. The monoisotopic (exact) mass is 563 g/mol. The Kier molecular flexibility index (Phi) is 7.29. The van der Waals surface area contributed by atoms with Crippen LogP contribution in [-0.4, -0.2) is 39.7 Å². The van der Waals surface area contributed by atoms with Crippen LogP contribution in [0, 0.1) is 18.7 Å². The molecule has 0 unspecified atom stereocenters. The molecule has 7 nitrogen and oxygen atoms in total. The summed E-state index contributed by atoms with van der Waals surface area (Å²) in [5, 5.41) is 26.9. The maximum absolute atomic E-state index is 15.7. The van der Waals surface area contributed by atoms with Crippen LogP contribution in [0.1, 0.15) is 53.9 Å². The van der Waals surface area contributed by atoms with Gasteiger partial charge in [0, 0.05) is 33.3 Å². The predicted octanol–water partition coefficient (Wildman–Crippen LogP) is 5.66. The molecule has 1 atom stereocenters. The molecule has 2 aromatic heterocycles. The molecule has 1 aliphatic rings. The van der Waals surface area contributed by atoms with Gasteiger partial charge in [0.1, 0.15) is 22.6 Å². The number of aliphatic hydroxyl groups is 2. The van der Waals surface area contributed by atoms with Gasteiger partial charge in [-0.15, -0.1) is 0 Å². The number of aryl methyl sites for hydroxylation is 1. The Morgan fingerprint density at radius 1 is 1.15 bits per heavy atom. The van der Waals surface area contributed by atoms with Gasteiger partial charge in [-0.05, 0) is 81.5 Å². The van der Waals surface area contributed by atoms with Crippen LogP contribution in [0.4, 0.5) is 4.39 Å². The molecule has 9 heteroatoms. The number of nitrogens with zero attached hydrogens (tertiary/aromatic N) is 2. The van der Waals surface area contributed by atoms with E-state index in [1.54, 1.807) is 42.6 Å². The van der Waals surface area contributed by atoms with Crippen molar-refractivity contribution in [3.05, 3.63) is 88.0 Å². The molecule has 0 bridgehead atoms. The molecular weight excluding hydrogens is 533 g/mol. The van der Waals surface area contributed by atoms with Crippen molar-refractivity contribution in [3.63, 3.8) is 0 Å². The van der Waals surface area contributed by atoms with Gasteiger partial charge in [-0.3, -0.25) is 9.78 Å². The number of nitrogens with one attached hydrogen (secondary N) is 1. The van der Waals surface area contributed by atoms with Crippen molar-refractivity contribution in [2.24, 2.45) is 5.92 Å². The lowest BCUT2D eigenvalue weighted by Crippen LogP contribution is -2.43. The first-order valence-electron chi connectivity index (χ1n) is 13.1. The molecule has 5 rings (SSSR count). The maximum atomic E-state index is 15.7. The van der Waals surface area contributed by atoms with Gasteiger partial charge in [-0.1, -0.05) is 23.7 Å². The third kappa shape index (κ3) is 5.39. The average Bonchev–Trinajstić information content (AvgIpc) is 3.77.